The smallest absolute Gasteiger partial charge is 0.410 e. The highest BCUT2D eigenvalue weighted by Gasteiger charge is 2.47. The second-order valence-corrected chi connectivity index (χ2v) is 7.78. The average molecular weight is 348 g/mol. The van der Waals surface area contributed by atoms with Crippen molar-refractivity contribution in [2.24, 2.45) is 0 Å². The number of benzene rings is 1. The molecule has 0 aliphatic carbocycles. The molecule has 0 bridgehead atoms. The zero-order valence-electron chi connectivity index (χ0n) is 15.2. The Morgan fingerprint density at radius 2 is 2.00 bits per heavy atom. The molecule has 2 aliphatic heterocycles. The Morgan fingerprint density at radius 1 is 1.28 bits per heavy atom. The van der Waals surface area contributed by atoms with E-state index in [-0.39, 0.29) is 17.8 Å². The maximum atomic E-state index is 14.7. The van der Waals surface area contributed by atoms with E-state index in [2.05, 4.69) is 0 Å². The minimum atomic E-state index is -0.630. The second kappa shape index (κ2) is 6.32. The molecule has 2 amide bonds. The third-order valence-corrected chi connectivity index (χ3v) is 4.85. The fourth-order valence-electron chi connectivity index (χ4n) is 3.83. The number of hydrogen-bond donors (Lipinski definition) is 0. The van der Waals surface area contributed by atoms with Crippen LogP contribution >= 0.6 is 0 Å². The monoisotopic (exact) mass is 348 g/mol. The first-order valence-corrected chi connectivity index (χ1v) is 8.73. The van der Waals surface area contributed by atoms with Gasteiger partial charge in [0.1, 0.15) is 11.4 Å². The molecule has 0 N–H and O–H groups in total. The van der Waals surface area contributed by atoms with Crippen LogP contribution in [0.4, 0.5) is 9.18 Å². The fourth-order valence-corrected chi connectivity index (χ4v) is 3.83. The molecule has 2 atom stereocenters. The van der Waals surface area contributed by atoms with Crippen LogP contribution in [0.25, 0.3) is 0 Å². The maximum absolute atomic E-state index is 14.7. The van der Waals surface area contributed by atoms with Gasteiger partial charge in [0.15, 0.2) is 0 Å². The Kier molecular flexibility index (Phi) is 4.47. The summed E-state index contributed by atoms with van der Waals surface area (Å²) in [7, 11) is 0. The number of aryl methyl sites for hydroxylation is 1. The summed E-state index contributed by atoms with van der Waals surface area (Å²) in [6.45, 7) is 8.07. The zero-order valence-corrected chi connectivity index (χ0v) is 15.2. The lowest BCUT2D eigenvalue weighted by Crippen LogP contribution is -2.56. The summed E-state index contributed by atoms with van der Waals surface area (Å²) >= 11 is 0. The Balaban J connectivity index is 2.02. The van der Waals surface area contributed by atoms with Crippen LogP contribution in [0.5, 0.6) is 0 Å². The molecular formula is C19H25FN2O3. The summed E-state index contributed by atoms with van der Waals surface area (Å²) in [5.41, 5.74) is 0.631. The fraction of sp³-hybridized carbons (Fsp3) is 0.579. The van der Waals surface area contributed by atoms with Crippen molar-refractivity contribution >= 4 is 12.0 Å². The van der Waals surface area contributed by atoms with Crippen molar-refractivity contribution in [2.75, 3.05) is 13.1 Å². The first-order chi connectivity index (χ1) is 11.7. The third-order valence-electron chi connectivity index (χ3n) is 4.85. The minimum Gasteiger partial charge on any atom is -0.444 e. The topological polar surface area (TPSA) is 49.9 Å². The van der Waals surface area contributed by atoms with Crippen LogP contribution in [0.2, 0.25) is 0 Å². The Morgan fingerprint density at radius 3 is 2.64 bits per heavy atom. The van der Waals surface area contributed by atoms with Crippen molar-refractivity contribution in [3.05, 3.63) is 35.1 Å². The lowest BCUT2D eigenvalue weighted by molar-refractivity contribution is -0.132. The molecule has 0 radical (unpaired) electrons. The third kappa shape index (κ3) is 3.34. The first-order valence-electron chi connectivity index (χ1n) is 8.73. The molecule has 25 heavy (non-hydrogen) atoms. The van der Waals surface area contributed by atoms with Gasteiger partial charge >= 0.3 is 6.09 Å². The Labute approximate surface area is 147 Å². The summed E-state index contributed by atoms with van der Waals surface area (Å²) in [5.74, 6) is -0.271. The van der Waals surface area contributed by atoms with Gasteiger partial charge in [0.25, 0.3) is 0 Å². The van der Waals surface area contributed by atoms with Gasteiger partial charge in [0.05, 0.1) is 12.1 Å². The summed E-state index contributed by atoms with van der Waals surface area (Å²) in [6.07, 6.45) is 0.604. The number of halogens is 1. The van der Waals surface area contributed by atoms with Crippen molar-refractivity contribution < 1.29 is 18.7 Å². The number of hydrogen-bond acceptors (Lipinski definition) is 3. The lowest BCUT2D eigenvalue weighted by Gasteiger charge is -2.45. The van der Waals surface area contributed by atoms with Gasteiger partial charge in [0.2, 0.25) is 5.91 Å². The largest absolute Gasteiger partial charge is 0.444 e. The Hall–Kier alpha value is -2.11. The first kappa shape index (κ1) is 17.7. The SMILES string of the molecule is Cc1cccc(F)c1[C@H]1[C@@H]2CCC(=O)N2CCN1C(=O)OC(C)(C)C. The van der Waals surface area contributed by atoms with Gasteiger partial charge < -0.3 is 9.64 Å². The summed E-state index contributed by atoms with van der Waals surface area (Å²) in [4.78, 5) is 28.3. The quantitative estimate of drug-likeness (QED) is 0.781. The molecule has 6 heteroatoms. The highest BCUT2D eigenvalue weighted by Crippen LogP contribution is 2.40. The maximum Gasteiger partial charge on any atom is 0.410 e. The van der Waals surface area contributed by atoms with Crippen LogP contribution in [0.15, 0.2) is 18.2 Å². The molecule has 2 fully saturated rings. The van der Waals surface area contributed by atoms with Gasteiger partial charge in [-0.25, -0.2) is 9.18 Å². The molecule has 2 heterocycles. The van der Waals surface area contributed by atoms with Gasteiger partial charge in [-0.15, -0.1) is 0 Å². The molecule has 2 aliphatic rings. The van der Waals surface area contributed by atoms with Crippen molar-refractivity contribution in [1.29, 1.82) is 0 Å². The average Bonchev–Trinajstić information content (AvgIpc) is 2.87. The number of ether oxygens (including phenoxy) is 1. The number of carbonyl (C=O) groups excluding carboxylic acids is 2. The van der Waals surface area contributed by atoms with Crippen LogP contribution in [0, 0.1) is 12.7 Å². The van der Waals surface area contributed by atoms with Crippen LogP contribution in [0.3, 0.4) is 0 Å². The minimum absolute atomic E-state index is 0.0767. The molecule has 1 aromatic carbocycles. The van der Waals surface area contributed by atoms with E-state index in [0.29, 0.717) is 31.5 Å². The van der Waals surface area contributed by atoms with Gasteiger partial charge in [0, 0.05) is 25.1 Å². The van der Waals surface area contributed by atoms with E-state index in [1.54, 1.807) is 15.9 Å². The standard InChI is InChI=1S/C19H25FN2O3/c1-12-6-5-7-13(20)16(12)17-14-8-9-15(23)21(14)10-11-22(17)18(24)25-19(2,3)4/h5-7,14,17H,8-11H2,1-4H3/t14-,17+/m0/s1. The van der Waals surface area contributed by atoms with Crippen LogP contribution < -0.4 is 0 Å². The van der Waals surface area contributed by atoms with E-state index in [1.165, 1.54) is 6.07 Å². The van der Waals surface area contributed by atoms with Crippen LogP contribution in [-0.2, 0) is 9.53 Å². The molecule has 5 nitrogen and oxygen atoms in total. The predicted octanol–water partition coefficient (Wildman–Crippen LogP) is 3.42. The van der Waals surface area contributed by atoms with Gasteiger partial charge in [-0.3, -0.25) is 9.69 Å². The van der Waals surface area contributed by atoms with E-state index in [0.717, 1.165) is 5.56 Å². The molecule has 2 saturated heterocycles. The molecule has 0 spiro atoms. The van der Waals surface area contributed by atoms with E-state index < -0.39 is 17.7 Å². The molecule has 1 aromatic rings. The number of rotatable bonds is 1. The number of carbonyl (C=O) groups is 2. The van der Waals surface area contributed by atoms with E-state index in [1.807, 2.05) is 33.8 Å². The summed E-state index contributed by atoms with van der Waals surface area (Å²) < 4.78 is 20.2. The summed E-state index contributed by atoms with van der Waals surface area (Å²) in [6, 6.07) is 4.18. The highest BCUT2D eigenvalue weighted by atomic mass is 19.1. The van der Waals surface area contributed by atoms with E-state index >= 15 is 0 Å². The van der Waals surface area contributed by atoms with Crippen LogP contribution in [0.1, 0.15) is 50.8 Å². The van der Waals surface area contributed by atoms with Crippen molar-refractivity contribution in [2.45, 2.75) is 58.2 Å². The Bertz CT molecular complexity index is 678. The van der Waals surface area contributed by atoms with Gasteiger partial charge in [-0.1, -0.05) is 12.1 Å². The molecule has 0 unspecified atom stereocenters. The molecule has 0 saturated carbocycles. The van der Waals surface area contributed by atoms with Gasteiger partial charge in [-0.2, -0.15) is 0 Å². The number of fused-ring (bicyclic) bond motifs is 1. The lowest BCUT2D eigenvalue weighted by atomic mass is 9.90. The number of nitrogens with zero attached hydrogens (tertiary/aromatic N) is 2. The van der Waals surface area contributed by atoms with Gasteiger partial charge in [-0.05, 0) is 45.7 Å². The van der Waals surface area contributed by atoms with E-state index in [9.17, 15) is 14.0 Å². The molecule has 0 aromatic heterocycles. The molecular weight excluding hydrogens is 323 g/mol. The predicted molar refractivity (Wildman–Crippen MR) is 91.6 cm³/mol. The van der Waals surface area contributed by atoms with Crippen LogP contribution in [-0.4, -0.2) is 46.5 Å². The van der Waals surface area contributed by atoms with Crippen molar-refractivity contribution in [3.8, 4) is 0 Å². The highest BCUT2D eigenvalue weighted by molar-refractivity contribution is 5.80. The van der Waals surface area contributed by atoms with Crippen molar-refractivity contribution in [3.63, 3.8) is 0 Å². The number of piperazine rings is 1. The molecule has 3 rings (SSSR count). The van der Waals surface area contributed by atoms with Crippen molar-refractivity contribution in [1.82, 2.24) is 9.80 Å². The second-order valence-electron chi connectivity index (χ2n) is 7.78. The number of amides is 2. The summed E-state index contributed by atoms with van der Waals surface area (Å²) in [5, 5.41) is 0. The molecule has 136 valence electrons. The van der Waals surface area contributed by atoms with E-state index in [4.69, 9.17) is 4.74 Å². The zero-order chi connectivity index (χ0) is 18.4. The normalized spacial score (nSPS) is 23.6.